The maximum atomic E-state index is 12.6. The van der Waals surface area contributed by atoms with Crippen molar-refractivity contribution in [1.82, 2.24) is 4.57 Å². The SMILES string of the molecule is CC(=O)n1c2c(c3ccccc31)OC(C)(C)[C@@H]1COc3ccccc3[C@H]21. The molecule has 4 nitrogen and oxygen atoms in total. The molecule has 0 saturated carbocycles. The van der Waals surface area contributed by atoms with Crippen molar-refractivity contribution in [2.24, 2.45) is 5.92 Å². The smallest absolute Gasteiger partial charge is 0.228 e. The fraction of sp³-hybridized carbons (Fsp3) is 0.318. The normalized spacial score (nSPS) is 22.6. The number of fused-ring (bicyclic) bond motifs is 7. The van der Waals surface area contributed by atoms with Gasteiger partial charge in [-0.25, -0.2) is 0 Å². The summed E-state index contributed by atoms with van der Waals surface area (Å²) in [7, 11) is 0. The third kappa shape index (κ3) is 1.93. The van der Waals surface area contributed by atoms with E-state index in [1.807, 2.05) is 47.0 Å². The van der Waals surface area contributed by atoms with Gasteiger partial charge in [0.25, 0.3) is 0 Å². The van der Waals surface area contributed by atoms with E-state index in [4.69, 9.17) is 9.47 Å². The second-order valence-electron chi connectivity index (χ2n) is 7.72. The zero-order valence-electron chi connectivity index (χ0n) is 15.2. The minimum atomic E-state index is -0.392. The fourth-order valence-corrected chi connectivity index (χ4v) is 4.60. The van der Waals surface area contributed by atoms with Gasteiger partial charge >= 0.3 is 0 Å². The van der Waals surface area contributed by atoms with Crippen molar-refractivity contribution in [3.8, 4) is 11.5 Å². The van der Waals surface area contributed by atoms with E-state index >= 15 is 0 Å². The third-order valence-electron chi connectivity index (χ3n) is 5.81. The number of rotatable bonds is 0. The van der Waals surface area contributed by atoms with Crippen LogP contribution in [0.15, 0.2) is 48.5 Å². The largest absolute Gasteiger partial charge is 0.493 e. The van der Waals surface area contributed by atoms with Gasteiger partial charge in [0.15, 0.2) is 0 Å². The molecule has 0 fully saturated rings. The number of hydrogen-bond donors (Lipinski definition) is 0. The summed E-state index contributed by atoms with van der Waals surface area (Å²) >= 11 is 0. The van der Waals surface area contributed by atoms with Gasteiger partial charge in [-0.3, -0.25) is 9.36 Å². The number of ether oxygens (including phenoxy) is 2. The van der Waals surface area contributed by atoms with Gasteiger partial charge in [-0.15, -0.1) is 0 Å². The summed E-state index contributed by atoms with van der Waals surface area (Å²) in [5, 5.41) is 0.994. The van der Waals surface area contributed by atoms with Crippen molar-refractivity contribution in [2.45, 2.75) is 32.3 Å². The van der Waals surface area contributed by atoms with Gasteiger partial charge in [-0.1, -0.05) is 30.3 Å². The predicted molar refractivity (Wildman–Crippen MR) is 100 cm³/mol. The van der Waals surface area contributed by atoms with Crippen LogP contribution in [0.2, 0.25) is 0 Å². The highest BCUT2D eigenvalue weighted by Gasteiger charge is 2.50. The number of hydrogen-bond acceptors (Lipinski definition) is 3. The molecule has 2 atom stereocenters. The minimum Gasteiger partial charge on any atom is -0.493 e. The van der Waals surface area contributed by atoms with Gasteiger partial charge in [-0.05, 0) is 32.0 Å². The first-order valence-corrected chi connectivity index (χ1v) is 9.04. The lowest BCUT2D eigenvalue weighted by molar-refractivity contribution is -0.0142. The van der Waals surface area contributed by atoms with E-state index in [2.05, 4.69) is 19.9 Å². The predicted octanol–water partition coefficient (Wildman–Crippen LogP) is 4.61. The van der Waals surface area contributed by atoms with E-state index in [0.29, 0.717) is 6.61 Å². The lowest BCUT2D eigenvalue weighted by Crippen LogP contribution is -2.49. The van der Waals surface area contributed by atoms with Crippen molar-refractivity contribution in [1.29, 1.82) is 0 Å². The van der Waals surface area contributed by atoms with Gasteiger partial charge in [0, 0.05) is 29.7 Å². The molecule has 0 saturated heterocycles. The van der Waals surface area contributed by atoms with Crippen molar-refractivity contribution in [3.05, 3.63) is 59.8 Å². The van der Waals surface area contributed by atoms with E-state index in [1.165, 1.54) is 0 Å². The fourth-order valence-electron chi connectivity index (χ4n) is 4.60. The third-order valence-corrected chi connectivity index (χ3v) is 5.81. The molecule has 1 aromatic heterocycles. The molecule has 3 heterocycles. The average Bonchev–Trinajstić information content (AvgIpc) is 2.95. The number of carbonyl (C=O) groups excluding carboxylic acids is 1. The van der Waals surface area contributed by atoms with E-state index in [-0.39, 0.29) is 17.7 Å². The highest BCUT2D eigenvalue weighted by Crippen LogP contribution is 2.55. The molecule has 26 heavy (non-hydrogen) atoms. The van der Waals surface area contributed by atoms with Crippen LogP contribution in [0, 0.1) is 5.92 Å². The van der Waals surface area contributed by atoms with E-state index < -0.39 is 5.60 Å². The topological polar surface area (TPSA) is 40.5 Å². The number of benzene rings is 2. The second kappa shape index (κ2) is 5.13. The number of para-hydroxylation sites is 2. The molecule has 0 N–H and O–H groups in total. The molecule has 0 aliphatic carbocycles. The highest BCUT2D eigenvalue weighted by molar-refractivity contribution is 5.98. The molecule has 3 aromatic rings. The second-order valence-corrected chi connectivity index (χ2v) is 7.72. The summed E-state index contributed by atoms with van der Waals surface area (Å²) in [6.07, 6.45) is 0. The first-order chi connectivity index (χ1) is 12.5. The monoisotopic (exact) mass is 347 g/mol. The molecule has 0 unspecified atom stereocenters. The standard InChI is InChI=1S/C22H21NO3/c1-13(24)23-17-10-6-4-8-14(17)21-20(23)19-15-9-5-7-11-18(15)25-12-16(19)22(2,3)26-21/h4-11,16,19H,12H2,1-3H3/t16-,19+/m1/s1. The number of nitrogens with zero attached hydrogens (tertiary/aromatic N) is 1. The zero-order chi connectivity index (χ0) is 18.1. The molecule has 0 amide bonds. The Morgan fingerprint density at radius 3 is 2.65 bits per heavy atom. The quantitative estimate of drug-likeness (QED) is 0.596. The first kappa shape index (κ1) is 15.5. The zero-order valence-corrected chi connectivity index (χ0v) is 15.2. The lowest BCUT2D eigenvalue weighted by atomic mass is 9.71. The molecular weight excluding hydrogens is 326 g/mol. The Bertz CT molecular complexity index is 1050. The van der Waals surface area contributed by atoms with Gasteiger partial charge in [0.05, 0.1) is 17.8 Å². The minimum absolute atomic E-state index is 0.00785. The van der Waals surface area contributed by atoms with Crippen LogP contribution in [0.1, 0.15) is 42.7 Å². The first-order valence-electron chi connectivity index (χ1n) is 9.04. The summed E-state index contributed by atoms with van der Waals surface area (Å²) < 4.78 is 14.4. The van der Waals surface area contributed by atoms with E-state index in [9.17, 15) is 4.79 Å². The lowest BCUT2D eigenvalue weighted by Gasteiger charge is -2.46. The van der Waals surface area contributed by atoms with Gasteiger partial charge in [0.2, 0.25) is 5.91 Å². The van der Waals surface area contributed by atoms with Crippen LogP contribution in [0.5, 0.6) is 11.5 Å². The molecule has 4 heteroatoms. The van der Waals surface area contributed by atoms with Crippen LogP contribution in [-0.2, 0) is 0 Å². The molecule has 0 radical (unpaired) electrons. The van der Waals surface area contributed by atoms with Crippen LogP contribution >= 0.6 is 0 Å². The van der Waals surface area contributed by atoms with Crippen molar-refractivity contribution < 1.29 is 14.3 Å². The Morgan fingerprint density at radius 1 is 1.12 bits per heavy atom. The summed E-state index contributed by atoms with van der Waals surface area (Å²) in [5.41, 5.74) is 2.60. The van der Waals surface area contributed by atoms with Crippen molar-refractivity contribution in [3.63, 3.8) is 0 Å². The molecule has 5 rings (SSSR count). The van der Waals surface area contributed by atoms with Crippen LogP contribution in [0.25, 0.3) is 10.9 Å². The molecule has 2 aromatic carbocycles. The maximum Gasteiger partial charge on any atom is 0.228 e. The van der Waals surface area contributed by atoms with Gasteiger partial charge < -0.3 is 9.47 Å². The number of aromatic nitrogens is 1. The summed E-state index contributed by atoms with van der Waals surface area (Å²) in [4.78, 5) is 12.6. The van der Waals surface area contributed by atoms with Crippen molar-refractivity contribution in [2.75, 3.05) is 6.61 Å². The van der Waals surface area contributed by atoms with Crippen molar-refractivity contribution >= 4 is 16.8 Å². The Morgan fingerprint density at radius 2 is 1.85 bits per heavy atom. The van der Waals surface area contributed by atoms with Crippen LogP contribution in [0.3, 0.4) is 0 Å². The van der Waals surface area contributed by atoms with Crippen LogP contribution in [0.4, 0.5) is 0 Å². The summed E-state index contributed by atoms with van der Waals surface area (Å²) in [5.74, 6) is 1.94. The van der Waals surface area contributed by atoms with E-state index in [1.54, 1.807) is 6.92 Å². The molecule has 0 bridgehead atoms. The number of carbonyl (C=O) groups is 1. The Hall–Kier alpha value is -2.75. The Balaban J connectivity index is 1.90. The highest BCUT2D eigenvalue weighted by atomic mass is 16.5. The van der Waals surface area contributed by atoms with Gasteiger partial charge in [0.1, 0.15) is 17.1 Å². The summed E-state index contributed by atoms with van der Waals surface area (Å²) in [6.45, 7) is 6.43. The average molecular weight is 347 g/mol. The molecule has 132 valence electrons. The maximum absolute atomic E-state index is 12.6. The van der Waals surface area contributed by atoms with Gasteiger partial charge in [-0.2, -0.15) is 0 Å². The Labute approximate surface area is 152 Å². The van der Waals surface area contributed by atoms with Crippen LogP contribution in [-0.4, -0.2) is 22.7 Å². The Kier molecular flexibility index (Phi) is 3.06. The molecule has 0 spiro atoms. The van der Waals surface area contributed by atoms with Crippen LogP contribution < -0.4 is 9.47 Å². The molecular formula is C22H21NO3. The molecule has 2 aliphatic rings. The molecule has 2 aliphatic heterocycles. The van der Waals surface area contributed by atoms with E-state index in [0.717, 1.165) is 33.7 Å². The summed E-state index contributed by atoms with van der Waals surface area (Å²) in [6, 6.07) is 16.1.